The van der Waals surface area contributed by atoms with Crippen LogP contribution in [-0.2, 0) is 9.59 Å². The zero-order valence-corrected chi connectivity index (χ0v) is 25.2. The molecule has 7 N–H and O–H groups in total. The lowest BCUT2D eigenvalue weighted by Gasteiger charge is -2.46. The number of rotatable bonds is 6. The monoisotopic (exact) mass is 594 g/mol. The Morgan fingerprint density at radius 2 is 1.71 bits per heavy atom. The minimum atomic E-state index is -1.17. The van der Waals surface area contributed by atoms with Crippen molar-refractivity contribution in [2.24, 2.45) is 28.7 Å². The number of carbonyl (C=O) groups is 2. The Kier molecular flexibility index (Phi) is 10.4. The van der Waals surface area contributed by atoms with Crippen molar-refractivity contribution < 1.29 is 18.4 Å². The lowest BCUT2D eigenvalue weighted by molar-refractivity contribution is -0.139. The standard InChI is InChI=1S/C30H52F2N8O2/c1-38-12-14-40(15-13-38)29(42)20-5-10-39(11-6-20)26-22(32)18-35-19-24(26)37-28(41)25(27(33)34)23-4-9-30(7-2-3-8-30)16-21(31)17-36-23/h4,20-22,24-27,35-36H,2-3,5-19,33-34H2,1H3,(H,37,41)/b23-4+. The van der Waals surface area contributed by atoms with E-state index >= 15 is 4.39 Å². The molecule has 1 spiro atoms. The van der Waals surface area contributed by atoms with Gasteiger partial charge in [-0.15, -0.1) is 0 Å². The van der Waals surface area contributed by atoms with E-state index in [2.05, 4.69) is 32.8 Å². The molecule has 0 radical (unpaired) electrons. The summed E-state index contributed by atoms with van der Waals surface area (Å²) in [6.45, 7) is 5.25. The molecule has 5 unspecified atom stereocenters. The smallest absolute Gasteiger partial charge is 0.232 e. The molecule has 5 aliphatic rings. The van der Waals surface area contributed by atoms with Crippen molar-refractivity contribution in [1.82, 2.24) is 30.7 Å². The number of likely N-dealkylation sites (N-methyl/N-ethyl adjacent to an activating group) is 1. The minimum Gasteiger partial charge on any atom is -0.385 e. The van der Waals surface area contributed by atoms with Crippen LogP contribution in [0.3, 0.4) is 0 Å². The summed E-state index contributed by atoms with van der Waals surface area (Å²) >= 11 is 0. The molecule has 5 atom stereocenters. The van der Waals surface area contributed by atoms with Crippen LogP contribution in [0.1, 0.15) is 51.4 Å². The molecule has 4 fully saturated rings. The highest BCUT2D eigenvalue weighted by Crippen LogP contribution is 2.46. The lowest BCUT2D eigenvalue weighted by atomic mass is 9.76. The third kappa shape index (κ3) is 7.26. The first-order valence-corrected chi connectivity index (χ1v) is 16.1. The van der Waals surface area contributed by atoms with Crippen molar-refractivity contribution in [3.63, 3.8) is 0 Å². The summed E-state index contributed by atoms with van der Waals surface area (Å²) in [6, 6.07) is -1.00. The first-order chi connectivity index (χ1) is 20.2. The largest absolute Gasteiger partial charge is 0.385 e. The average Bonchev–Trinajstić information content (AvgIpc) is 3.42. The summed E-state index contributed by atoms with van der Waals surface area (Å²) < 4.78 is 30.4. The molecule has 0 aromatic rings. The molecule has 5 rings (SSSR count). The highest BCUT2D eigenvalue weighted by atomic mass is 19.1. The highest BCUT2D eigenvalue weighted by Gasteiger charge is 2.43. The molecule has 1 saturated carbocycles. The molecule has 12 heteroatoms. The Morgan fingerprint density at radius 3 is 2.38 bits per heavy atom. The maximum absolute atomic E-state index is 15.5. The lowest BCUT2D eigenvalue weighted by Crippen LogP contribution is -2.67. The second-order valence-corrected chi connectivity index (χ2v) is 13.5. The number of hydrogen-bond acceptors (Lipinski definition) is 8. The van der Waals surface area contributed by atoms with E-state index in [0.717, 1.165) is 51.9 Å². The molecule has 3 saturated heterocycles. The van der Waals surface area contributed by atoms with Crippen LogP contribution in [-0.4, -0.2) is 123 Å². The van der Waals surface area contributed by atoms with Crippen molar-refractivity contribution in [2.45, 2.75) is 82.0 Å². The molecule has 1 aliphatic carbocycles. The van der Waals surface area contributed by atoms with Gasteiger partial charge in [0, 0.05) is 57.4 Å². The van der Waals surface area contributed by atoms with Crippen LogP contribution in [0.25, 0.3) is 0 Å². The molecule has 42 heavy (non-hydrogen) atoms. The number of piperazine rings is 1. The maximum atomic E-state index is 15.5. The molecule has 238 valence electrons. The summed E-state index contributed by atoms with van der Waals surface area (Å²) in [5.74, 6) is -1.09. The van der Waals surface area contributed by atoms with E-state index < -0.39 is 36.5 Å². The van der Waals surface area contributed by atoms with Gasteiger partial charge in [-0.25, -0.2) is 8.78 Å². The van der Waals surface area contributed by atoms with Gasteiger partial charge < -0.3 is 37.2 Å². The maximum Gasteiger partial charge on any atom is 0.232 e. The molecule has 4 aliphatic heterocycles. The second-order valence-electron chi connectivity index (χ2n) is 13.5. The first-order valence-electron chi connectivity index (χ1n) is 16.1. The van der Waals surface area contributed by atoms with E-state index in [1.807, 2.05) is 11.0 Å². The molecule has 10 nitrogen and oxygen atoms in total. The SMILES string of the molecule is CN1CCN(C(=O)C2CCN(C3C(F)CNCC3NC(=O)C(/C3=C\CC4(CCCC4)CC(F)CN3)C(N)N)CC2)CC1. The first kappa shape index (κ1) is 31.6. The van der Waals surface area contributed by atoms with Crippen molar-refractivity contribution in [3.05, 3.63) is 11.8 Å². The third-order valence-electron chi connectivity index (χ3n) is 10.5. The van der Waals surface area contributed by atoms with Crippen molar-refractivity contribution in [3.8, 4) is 0 Å². The van der Waals surface area contributed by atoms with Gasteiger partial charge in [0.15, 0.2) is 0 Å². The molecule has 4 heterocycles. The van der Waals surface area contributed by atoms with Gasteiger partial charge in [-0.3, -0.25) is 14.5 Å². The quantitative estimate of drug-likeness (QED) is 0.278. The summed E-state index contributed by atoms with van der Waals surface area (Å²) in [4.78, 5) is 33.2. The Morgan fingerprint density at radius 1 is 1.02 bits per heavy atom. The van der Waals surface area contributed by atoms with Gasteiger partial charge in [-0.05, 0) is 64.1 Å². The van der Waals surface area contributed by atoms with E-state index in [0.29, 0.717) is 51.0 Å². The Hall–Kier alpha value is -1.86. The molecule has 0 bridgehead atoms. The molecule has 0 aromatic carbocycles. The summed E-state index contributed by atoms with van der Waals surface area (Å²) in [5.41, 5.74) is 12.8. The van der Waals surface area contributed by atoms with Gasteiger partial charge in [0.2, 0.25) is 11.8 Å². The second kappa shape index (κ2) is 13.8. The Labute approximate surface area is 249 Å². The molecular weight excluding hydrogens is 542 g/mol. The normalized spacial score (nSPS) is 33.9. The number of hydrogen-bond donors (Lipinski definition) is 5. The Bertz CT molecular complexity index is 961. The fraction of sp³-hybridized carbons (Fsp3) is 0.867. The number of allylic oxidation sites excluding steroid dienone is 1. The van der Waals surface area contributed by atoms with E-state index in [-0.39, 0.29) is 36.2 Å². The number of piperidine rings is 2. The Balaban J connectivity index is 1.23. The molecular formula is C30H52F2N8O2. The number of nitrogens with one attached hydrogen (secondary N) is 3. The number of likely N-dealkylation sites (tertiary alicyclic amines) is 1. The van der Waals surface area contributed by atoms with Crippen LogP contribution in [0, 0.1) is 17.3 Å². The number of nitrogens with zero attached hydrogens (tertiary/aromatic N) is 3. The van der Waals surface area contributed by atoms with E-state index in [4.69, 9.17) is 11.5 Å². The number of halogens is 2. The van der Waals surface area contributed by atoms with Crippen LogP contribution < -0.4 is 27.4 Å². The van der Waals surface area contributed by atoms with Crippen LogP contribution >= 0.6 is 0 Å². The average molecular weight is 595 g/mol. The van der Waals surface area contributed by atoms with Crippen LogP contribution in [0.4, 0.5) is 8.78 Å². The number of amides is 2. The summed E-state index contributed by atoms with van der Waals surface area (Å²) in [7, 11) is 2.07. The fourth-order valence-electron chi connectivity index (χ4n) is 8.04. The van der Waals surface area contributed by atoms with Crippen LogP contribution in [0.5, 0.6) is 0 Å². The van der Waals surface area contributed by atoms with E-state index in [1.54, 1.807) is 0 Å². The predicted molar refractivity (Wildman–Crippen MR) is 159 cm³/mol. The molecule has 2 amide bonds. The molecule has 0 aromatic heterocycles. The van der Waals surface area contributed by atoms with Gasteiger partial charge in [0.25, 0.3) is 0 Å². The topological polar surface area (TPSA) is 132 Å². The van der Waals surface area contributed by atoms with Gasteiger partial charge in [0.05, 0.1) is 18.2 Å². The van der Waals surface area contributed by atoms with Crippen molar-refractivity contribution in [2.75, 3.05) is 66.0 Å². The third-order valence-corrected chi connectivity index (χ3v) is 10.5. The van der Waals surface area contributed by atoms with Crippen molar-refractivity contribution in [1.29, 1.82) is 0 Å². The zero-order valence-electron chi connectivity index (χ0n) is 25.2. The van der Waals surface area contributed by atoms with E-state index in [1.165, 1.54) is 0 Å². The zero-order chi connectivity index (χ0) is 29.9. The van der Waals surface area contributed by atoms with Crippen molar-refractivity contribution >= 4 is 11.8 Å². The van der Waals surface area contributed by atoms with Gasteiger partial charge in [0.1, 0.15) is 18.3 Å². The summed E-state index contributed by atoms with van der Waals surface area (Å²) in [6.07, 6.45) is 5.61. The van der Waals surface area contributed by atoms with Gasteiger partial charge in [-0.1, -0.05) is 18.9 Å². The predicted octanol–water partition coefficient (Wildman–Crippen LogP) is 0.293. The van der Waals surface area contributed by atoms with Crippen LogP contribution in [0.2, 0.25) is 0 Å². The number of carbonyl (C=O) groups excluding carboxylic acids is 2. The minimum absolute atomic E-state index is 0.0445. The highest BCUT2D eigenvalue weighted by molar-refractivity contribution is 5.82. The fourth-order valence-corrected chi connectivity index (χ4v) is 8.04. The van der Waals surface area contributed by atoms with Crippen LogP contribution in [0.15, 0.2) is 11.8 Å². The van der Waals surface area contributed by atoms with Gasteiger partial charge >= 0.3 is 0 Å². The summed E-state index contributed by atoms with van der Waals surface area (Å²) in [5, 5.41) is 9.32. The van der Waals surface area contributed by atoms with E-state index in [9.17, 15) is 14.0 Å². The van der Waals surface area contributed by atoms with Gasteiger partial charge in [-0.2, -0.15) is 0 Å². The number of alkyl halides is 2. The number of nitrogens with two attached hydrogens (primary N) is 2.